The Kier molecular flexibility index (Phi) is 3.55. The van der Waals surface area contributed by atoms with E-state index < -0.39 is 11.7 Å². The van der Waals surface area contributed by atoms with Gasteiger partial charge in [0.15, 0.2) is 0 Å². The summed E-state index contributed by atoms with van der Waals surface area (Å²) in [5.41, 5.74) is 1.25. The third-order valence-corrected chi connectivity index (χ3v) is 3.31. The smallest absolute Gasteiger partial charge is 0.416 e. The van der Waals surface area contributed by atoms with Crippen molar-refractivity contribution >= 4 is 0 Å². The van der Waals surface area contributed by atoms with E-state index in [1.807, 2.05) is 0 Å². The van der Waals surface area contributed by atoms with Crippen LogP contribution < -0.4 is 0 Å². The van der Waals surface area contributed by atoms with Crippen LogP contribution in [0.1, 0.15) is 11.1 Å². The van der Waals surface area contributed by atoms with E-state index in [2.05, 4.69) is 10.3 Å². The molecule has 2 aromatic carbocycles. The fraction of sp³-hybridized carbons (Fsp3) is 0.125. The van der Waals surface area contributed by atoms with Gasteiger partial charge in [-0.2, -0.15) is 13.2 Å². The minimum Gasteiger partial charge on any atom is -0.508 e. The Labute approximate surface area is 129 Å². The zero-order valence-corrected chi connectivity index (χ0v) is 12.0. The third-order valence-electron chi connectivity index (χ3n) is 3.31. The van der Waals surface area contributed by atoms with E-state index in [0.717, 1.165) is 12.1 Å². The molecule has 0 aliphatic rings. The highest BCUT2D eigenvalue weighted by molar-refractivity contribution is 5.59. The molecule has 0 aliphatic heterocycles. The topological polar surface area (TPSA) is 50.9 Å². The second-order valence-electron chi connectivity index (χ2n) is 5.15. The van der Waals surface area contributed by atoms with E-state index in [1.165, 1.54) is 16.8 Å². The van der Waals surface area contributed by atoms with Gasteiger partial charge in [0, 0.05) is 5.56 Å². The van der Waals surface area contributed by atoms with Crippen molar-refractivity contribution in [1.29, 1.82) is 0 Å². The number of aromatic hydroxyl groups is 1. The van der Waals surface area contributed by atoms with Crippen molar-refractivity contribution in [3.63, 3.8) is 0 Å². The van der Waals surface area contributed by atoms with Gasteiger partial charge in [-0.1, -0.05) is 5.21 Å². The summed E-state index contributed by atoms with van der Waals surface area (Å²) in [5.74, 6) is 0.120. The quantitative estimate of drug-likeness (QED) is 0.777. The SMILES string of the molecule is Cc1cc(-n2cc(-c3ccc(O)cc3)nn2)cc(C(F)(F)F)c1. The normalized spacial score (nSPS) is 11.7. The Hall–Kier alpha value is -2.83. The van der Waals surface area contributed by atoms with E-state index in [9.17, 15) is 18.3 Å². The number of hydrogen-bond donors (Lipinski definition) is 1. The van der Waals surface area contributed by atoms with Crippen LogP contribution in [0.15, 0.2) is 48.7 Å². The van der Waals surface area contributed by atoms with Crippen LogP contribution in [0.25, 0.3) is 16.9 Å². The predicted molar refractivity (Wildman–Crippen MR) is 78.2 cm³/mol. The molecule has 0 atom stereocenters. The third kappa shape index (κ3) is 3.18. The first kappa shape index (κ1) is 15.1. The molecule has 0 radical (unpaired) electrons. The summed E-state index contributed by atoms with van der Waals surface area (Å²) in [7, 11) is 0. The molecule has 7 heteroatoms. The van der Waals surface area contributed by atoms with E-state index in [1.54, 1.807) is 31.3 Å². The van der Waals surface area contributed by atoms with Gasteiger partial charge >= 0.3 is 6.18 Å². The van der Waals surface area contributed by atoms with Crippen LogP contribution in [-0.2, 0) is 6.18 Å². The first-order valence-electron chi connectivity index (χ1n) is 6.74. The van der Waals surface area contributed by atoms with E-state index in [4.69, 9.17) is 0 Å². The zero-order chi connectivity index (χ0) is 16.6. The van der Waals surface area contributed by atoms with Gasteiger partial charge in [0.25, 0.3) is 0 Å². The summed E-state index contributed by atoms with van der Waals surface area (Å²) in [6.45, 7) is 1.59. The van der Waals surface area contributed by atoms with Gasteiger partial charge in [-0.15, -0.1) is 5.10 Å². The van der Waals surface area contributed by atoms with E-state index in [0.29, 0.717) is 16.8 Å². The average molecular weight is 319 g/mol. The van der Waals surface area contributed by atoms with Crippen molar-refractivity contribution in [3.05, 3.63) is 59.8 Å². The van der Waals surface area contributed by atoms with Gasteiger partial charge in [-0.05, 0) is 55.0 Å². The lowest BCUT2D eigenvalue weighted by Gasteiger charge is -2.10. The van der Waals surface area contributed by atoms with Crippen LogP contribution in [0.5, 0.6) is 5.75 Å². The Morgan fingerprint density at radius 3 is 2.39 bits per heavy atom. The number of aryl methyl sites for hydroxylation is 1. The van der Waals surface area contributed by atoms with Crippen LogP contribution in [0.2, 0.25) is 0 Å². The Morgan fingerprint density at radius 1 is 1.04 bits per heavy atom. The van der Waals surface area contributed by atoms with E-state index in [-0.39, 0.29) is 11.4 Å². The molecule has 3 rings (SSSR count). The zero-order valence-electron chi connectivity index (χ0n) is 12.0. The molecule has 0 saturated heterocycles. The molecule has 0 amide bonds. The van der Waals surface area contributed by atoms with Gasteiger partial charge < -0.3 is 5.11 Å². The van der Waals surface area contributed by atoms with Crippen molar-refractivity contribution in [2.75, 3.05) is 0 Å². The van der Waals surface area contributed by atoms with Crippen molar-refractivity contribution in [1.82, 2.24) is 15.0 Å². The van der Waals surface area contributed by atoms with Crippen molar-refractivity contribution in [3.8, 4) is 22.7 Å². The molecule has 23 heavy (non-hydrogen) atoms. The molecule has 0 aliphatic carbocycles. The summed E-state index contributed by atoms with van der Waals surface area (Å²) >= 11 is 0. The van der Waals surface area contributed by atoms with Crippen LogP contribution in [0.3, 0.4) is 0 Å². The number of benzene rings is 2. The van der Waals surface area contributed by atoms with Gasteiger partial charge in [0.05, 0.1) is 17.4 Å². The molecular formula is C16H12F3N3O. The molecule has 0 spiro atoms. The number of alkyl halides is 3. The summed E-state index contributed by atoms with van der Waals surface area (Å²) in [6, 6.07) is 10.0. The van der Waals surface area contributed by atoms with Gasteiger partial charge in [-0.25, -0.2) is 4.68 Å². The lowest BCUT2D eigenvalue weighted by molar-refractivity contribution is -0.137. The lowest BCUT2D eigenvalue weighted by Crippen LogP contribution is -2.07. The van der Waals surface area contributed by atoms with Crippen molar-refractivity contribution in [2.45, 2.75) is 13.1 Å². The number of halogens is 3. The Morgan fingerprint density at radius 2 is 1.74 bits per heavy atom. The number of rotatable bonds is 2. The maximum atomic E-state index is 12.9. The maximum absolute atomic E-state index is 12.9. The van der Waals surface area contributed by atoms with Gasteiger partial charge in [0.1, 0.15) is 11.4 Å². The Bertz CT molecular complexity index is 839. The Balaban J connectivity index is 2.00. The highest BCUT2D eigenvalue weighted by Gasteiger charge is 2.31. The number of aromatic nitrogens is 3. The molecule has 3 aromatic rings. The highest BCUT2D eigenvalue weighted by atomic mass is 19.4. The van der Waals surface area contributed by atoms with Crippen molar-refractivity contribution < 1.29 is 18.3 Å². The molecule has 4 nitrogen and oxygen atoms in total. The van der Waals surface area contributed by atoms with Crippen LogP contribution in [0.4, 0.5) is 13.2 Å². The fourth-order valence-electron chi connectivity index (χ4n) is 2.21. The first-order chi connectivity index (χ1) is 10.8. The maximum Gasteiger partial charge on any atom is 0.416 e. The van der Waals surface area contributed by atoms with Crippen molar-refractivity contribution in [2.24, 2.45) is 0 Å². The summed E-state index contributed by atoms with van der Waals surface area (Å²) in [5, 5.41) is 17.1. The molecule has 1 aromatic heterocycles. The molecule has 0 saturated carbocycles. The number of phenolic OH excluding ortho intramolecular Hbond substituents is 1. The number of hydrogen-bond acceptors (Lipinski definition) is 3. The molecule has 1 heterocycles. The molecule has 0 fully saturated rings. The number of phenols is 1. The summed E-state index contributed by atoms with van der Waals surface area (Å²) < 4.78 is 40.0. The second-order valence-corrected chi connectivity index (χ2v) is 5.15. The van der Waals surface area contributed by atoms with Crippen LogP contribution in [0, 0.1) is 6.92 Å². The predicted octanol–water partition coefficient (Wildman–Crippen LogP) is 3.97. The van der Waals surface area contributed by atoms with Gasteiger partial charge in [0.2, 0.25) is 0 Å². The number of nitrogens with zero attached hydrogens (tertiary/aromatic N) is 3. The lowest BCUT2D eigenvalue weighted by atomic mass is 10.1. The second kappa shape index (κ2) is 5.42. The largest absolute Gasteiger partial charge is 0.508 e. The summed E-state index contributed by atoms with van der Waals surface area (Å²) in [6.07, 6.45) is -2.87. The highest BCUT2D eigenvalue weighted by Crippen LogP contribution is 2.31. The molecule has 0 bridgehead atoms. The minimum absolute atomic E-state index is 0.120. The van der Waals surface area contributed by atoms with Crippen LogP contribution in [-0.4, -0.2) is 20.1 Å². The average Bonchev–Trinajstić information content (AvgIpc) is 2.96. The fourth-order valence-corrected chi connectivity index (χ4v) is 2.21. The monoisotopic (exact) mass is 319 g/mol. The molecule has 1 N–H and O–H groups in total. The van der Waals surface area contributed by atoms with E-state index >= 15 is 0 Å². The van der Waals surface area contributed by atoms with Gasteiger partial charge in [-0.3, -0.25) is 0 Å². The molecular weight excluding hydrogens is 307 g/mol. The minimum atomic E-state index is -4.42. The first-order valence-corrected chi connectivity index (χ1v) is 6.74. The standard InChI is InChI=1S/C16H12F3N3O/c1-10-6-12(16(17,18)19)8-13(7-10)22-9-15(20-21-22)11-2-4-14(23)5-3-11/h2-9,23H,1H3. The van der Waals surface area contributed by atoms with Crippen LogP contribution >= 0.6 is 0 Å². The molecule has 0 unspecified atom stereocenters. The summed E-state index contributed by atoms with van der Waals surface area (Å²) in [4.78, 5) is 0. The molecule has 118 valence electrons.